The highest BCUT2D eigenvalue weighted by Crippen LogP contribution is 2.15. The van der Waals surface area contributed by atoms with Gasteiger partial charge in [-0.15, -0.1) is 0 Å². The Morgan fingerprint density at radius 3 is 2.28 bits per heavy atom. The maximum absolute atomic E-state index is 5.83. The number of anilines is 1. The van der Waals surface area contributed by atoms with E-state index in [-0.39, 0.29) is 0 Å². The molecule has 0 bridgehead atoms. The van der Waals surface area contributed by atoms with Crippen molar-refractivity contribution in [2.24, 2.45) is 0 Å². The van der Waals surface area contributed by atoms with E-state index in [2.05, 4.69) is 40.2 Å². The summed E-state index contributed by atoms with van der Waals surface area (Å²) >= 11 is 5.83. The molecule has 0 N–H and O–H groups in total. The molecule has 0 saturated carbocycles. The Morgan fingerprint density at radius 1 is 1.00 bits per heavy atom. The zero-order valence-electron chi connectivity index (χ0n) is 10.5. The largest absolute Gasteiger partial charge is 0.378 e. The Labute approximate surface area is 113 Å². The average molecular weight is 259 g/mol. The van der Waals surface area contributed by atoms with Crippen molar-refractivity contribution < 1.29 is 0 Å². The molecule has 2 rings (SSSR count). The first-order valence-electron chi connectivity index (χ1n) is 5.72. The van der Waals surface area contributed by atoms with E-state index in [0.717, 1.165) is 11.1 Å². The summed E-state index contributed by atoms with van der Waals surface area (Å²) in [4.78, 5) is 6.03. The molecule has 1 aromatic heterocycles. The molecule has 0 aliphatic rings. The van der Waals surface area contributed by atoms with E-state index < -0.39 is 0 Å². The van der Waals surface area contributed by atoms with Gasteiger partial charge in [-0.05, 0) is 35.4 Å². The van der Waals surface area contributed by atoms with Crippen LogP contribution in [0.25, 0.3) is 12.2 Å². The topological polar surface area (TPSA) is 16.1 Å². The lowest BCUT2D eigenvalue weighted by atomic mass is 10.1. The Balaban J connectivity index is 2.14. The molecule has 0 saturated heterocycles. The maximum atomic E-state index is 5.83. The van der Waals surface area contributed by atoms with Crippen molar-refractivity contribution in [3.05, 3.63) is 58.9 Å². The van der Waals surface area contributed by atoms with Crippen molar-refractivity contribution in [2.45, 2.75) is 0 Å². The Morgan fingerprint density at radius 2 is 1.67 bits per heavy atom. The van der Waals surface area contributed by atoms with Crippen molar-refractivity contribution >= 4 is 29.4 Å². The fourth-order valence-electron chi connectivity index (χ4n) is 1.60. The summed E-state index contributed by atoms with van der Waals surface area (Å²) in [6.45, 7) is 0. The van der Waals surface area contributed by atoms with Gasteiger partial charge < -0.3 is 4.90 Å². The van der Waals surface area contributed by atoms with Crippen molar-refractivity contribution in [1.82, 2.24) is 4.98 Å². The highest BCUT2D eigenvalue weighted by atomic mass is 35.5. The van der Waals surface area contributed by atoms with Gasteiger partial charge in [-0.2, -0.15) is 0 Å². The monoisotopic (exact) mass is 258 g/mol. The van der Waals surface area contributed by atoms with E-state index >= 15 is 0 Å². The number of hydrogen-bond donors (Lipinski definition) is 0. The standard InChI is InChI=1S/C15H15ClN2/c1-18(2)14-7-5-12(6-8-14)3-4-13-9-10-17-15(16)11-13/h3-11H,1-2H3/b4-3+. The number of nitrogens with zero attached hydrogens (tertiary/aromatic N) is 2. The van der Waals surface area contributed by atoms with Crippen LogP contribution in [0.5, 0.6) is 0 Å². The molecule has 0 unspecified atom stereocenters. The third-order valence-electron chi connectivity index (χ3n) is 2.63. The minimum absolute atomic E-state index is 0.514. The van der Waals surface area contributed by atoms with E-state index in [1.165, 1.54) is 5.69 Å². The van der Waals surface area contributed by atoms with Gasteiger partial charge in [0, 0.05) is 26.0 Å². The summed E-state index contributed by atoms with van der Waals surface area (Å²) in [6.07, 6.45) is 5.79. The lowest BCUT2D eigenvalue weighted by Crippen LogP contribution is -2.07. The van der Waals surface area contributed by atoms with Crippen LogP contribution >= 0.6 is 11.6 Å². The van der Waals surface area contributed by atoms with E-state index in [4.69, 9.17) is 11.6 Å². The summed E-state index contributed by atoms with van der Waals surface area (Å²) in [6, 6.07) is 12.1. The molecular formula is C15H15ClN2. The van der Waals surface area contributed by atoms with Gasteiger partial charge in [0.25, 0.3) is 0 Å². The molecule has 92 valence electrons. The molecule has 0 aliphatic carbocycles. The third kappa shape index (κ3) is 3.34. The van der Waals surface area contributed by atoms with Crippen LogP contribution in [-0.2, 0) is 0 Å². The van der Waals surface area contributed by atoms with Crippen LogP contribution in [0.2, 0.25) is 5.15 Å². The normalized spacial score (nSPS) is 10.8. The first-order valence-corrected chi connectivity index (χ1v) is 6.10. The molecule has 1 aromatic carbocycles. The number of pyridine rings is 1. The highest BCUT2D eigenvalue weighted by Gasteiger charge is 1.94. The number of benzene rings is 1. The number of halogens is 1. The fourth-order valence-corrected chi connectivity index (χ4v) is 1.78. The summed E-state index contributed by atoms with van der Waals surface area (Å²) < 4.78 is 0. The Kier molecular flexibility index (Phi) is 4.00. The minimum Gasteiger partial charge on any atom is -0.378 e. The average Bonchev–Trinajstić information content (AvgIpc) is 2.37. The summed E-state index contributed by atoms with van der Waals surface area (Å²) in [5.74, 6) is 0. The van der Waals surface area contributed by atoms with Gasteiger partial charge in [-0.25, -0.2) is 4.98 Å². The SMILES string of the molecule is CN(C)c1ccc(/C=C/c2ccnc(Cl)c2)cc1. The van der Waals surface area contributed by atoms with Gasteiger partial charge in [0.1, 0.15) is 5.15 Å². The second-order valence-electron chi connectivity index (χ2n) is 4.23. The maximum Gasteiger partial charge on any atom is 0.129 e. The summed E-state index contributed by atoms with van der Waals surface area (Å²) in [5.41, 5.74) is 3.40. The first kappa shape index (κ1) is 12.7. The van der Waals surface area contributed by atoms with Crippen molar-refractivity contribution in [3.63, 3.8) is 0 Å². The molecule has 1 heterocycles. The second kappa shape index (κ2) is 5.69. The van der Waals surface area contributed by atoms with E-state index in [1.807, 2.05) is 32.3 Å². The minimum atomic E-state index is 0.514. The molecule has 0 radical (unpaired) electrons. The molecule has 0 atom stereocenters. The number of aromatic nitrogens is 1. The van der Waals surface area contributed by atoms with Crippen LogP contribution in [0.3, 0.4) is 0 Å². The van der Waals surface area contributed by atoms with Gasteiger partial charge in [-0.1, -0.05) is 35.9 Å². The van der Waals surface area contributed by atoms with E-state index in [0.29, 0.717) is 5.15 Å². The third-order valence-corrected chi connectivity index (χ3v) is 2.84. The van der Waals surface area contributed by atoms with Gasteiger partial charge in [0.2, 0.25) is 0 Å². The lowest BCUT2D eigenvalue weighted by Gasteiger charge is -2.11. The van der Waals surface area contributed by atoms with Crippen LogP contribution in [-0.4, -0.2) is 19.1 Å². The quantitative estimate of drug-likeness (QED) is 0.775. The highest BCUT2D eigenvalue weighted by molar-refractivity contribution is 6.29. The van der Waals surface area contributed by atoms with Gasteiger partial charge in [-0.3, -0.25) is 0 Å². The molecule has 0 amide bonds. The van der Waals surface area contributed by atoms with Crippen molar-refractivity contribution in [1.29, 1.82) is 0 Å². The van der Waals surface area contributed by atoms with Crippen molar-refractivity contribution in [2.75, 3.05) is 19.0 Å². The molecule has 0 spiro atoms. The molecule has 18 heavy (non-hydrogen) atoms. The summed E-state index contributed by atoms with van der Waals surface area (Å²) in [7, 11) is 4.06. The predicted octanol–water partition coefficient (Wildman–Crippen LogP) is 3.97. The Hall–Kier alpha value is -1.80. The second-order valence-corrected chi connectivity index (χ2v) is 4.62. The zero-order valence-corrected chi connectivity index (χ0v) is 11.2. The molecule has 3 heteroatoms. The van der Waals surface area contributed by atoms with E-state index in [1.54, 1.807) is 6.20 Å². The van der Waals surface area contributed by atoms with Crippen LogP contribution in [0.15, 0.2) is 42.6 Å². The van der Waals surface area contributed by atoms with Crippen molar-refractivity contribution in [3.8, 4) is 0 Å². The van der Waals surface area contributed by atoms with E-state index in [9.17, 15) is 0 Å². The fraction of sp³-hybridized carbons (Fsp3) is 0.133. The zero-order chi connectivity index (χ0) is 13.0. The molecule has 2 aromatic rings. The Bertz CT molecular complexity index is 545. The lowest BCUT2D eigenvalue weighted by molar-refractivity contribution is 1.13. The number of hydrogen-bond acceptors (Lipinski definition) is 2. The smallest absolute Gasteiger partial charge is 0.129 e. The molecule has 0 aliphatic heterocycles. The van der Waals surface area contributed by atoms with Crippen LogP contribution in [0.4, 0.5) is 5.69 Å². The van der Waals surface area contributed by atoms with Gasteiger partial charge in [0.05, 0.1) is 0 Å². The summed E-state index contributed by atoms with van der Waals surface area (Å²) in [5, 5.41) is 0.514. The molecule has 2 nitrogen and oxygen atoms in total. The molecule has 0 fully saturated rings. The van der Waals surface area contributed by atoms with Crippen LogP contribution < -0.4 is 4.90 Å². The predicted molar refractivity (Wildman–Crippen MR) is 78.9 cm³/mol. The van der Waals surface area contributed by atoms with Gasteiger partial charge in [0.15, 0.2) is 0 Å². The van der Waals surface area contributed by atoms with Gasteiger partial charge >= 0.3 is 0 Å². The number of rotatable bonds is 3. The van der Waals surface area contributed by atoms with Crippen LogP contribution in [0.1, 0.15) is 11.1 Å². The first-order chi connectivity index (χ1) is 8.65. The molecular weight excluding hydrogens is 244 g/mol. The van der Waals surface area contributed by atoms with Crippen LogP contribution in [0, 0.1) is 0 Å².